The molecule has 1 heterocycles. The number of allylic oxidation sites excluding steroid dienone is 3. The SMILES string of the molecule is CC1=C(Cl)C(Cl)=C(C(=O)Nc2nc3c(-c4ccccc4)cc(C(=O)O)cc3s2)C1. The summed E-state index contributed by atoms with van der Waals surface area (Å²) in [7, 11) is 0. The van der Waals surface area contributed by atoms with Crippen molar-refractivity contribution in [2.75, 3.05) is 5.32 Å². The van der Waals surface area contributed by atoms with Crippen molar-refractivity contribution in [3.8, 4) is 11.1 Å². The Hall–Kier alpha value is -2.67. The molecule has 0 saturated carbocycles. The van der Waals surface area contributed by atoms with Gasteiger partial charge in [-0.05, 0) is 30.2 Å². The molecule has 29 heavy (non-hydrogen) atoms. The summed E-state index contributed by atoms with van der Waals surface area (Å²) in [5.74, 6) is -1.40. The van der Waals surface area contributed by atoms with Crippen LogP contribution in [0.25, 0.3) is 21.3 Å². The van der Waals surface area contributed by atoms with E-state index in [-0.39, 0.29) is 16.5 Å². The zero-order valence-electron chi connectivity index (χ0n) is 15.1. The number of thiazole rings is 1. The summed E-state index contributed by atoms with van der Waals surface area (Å²) in [4.78, 5) is 28.8. The Balaban J connectivity index is 1.75. The Morgan fingerprint density at radius 2 is 1.86 bits per heavy atom. The van der Waals surface area contributed by atoms with E-state index in [1.165, 1.54) is 11.3 Å². The molecule has 3 aromatic rings. The maximum absolute atomic E-state index is 12.7. The van der Waals surface area contributed by atoms with Gasteiger partial charge in [0.05, 0.1) is 25.8 Å². The van der Waals surface area contributed by atoms with Gasteiger partial charge in [0, 0.05) is 17.6 Å². The van der Waals surface area contributed by atoms with Gasteiger partial charge in [0.2, 0.25) is 0 Å². The van der Waals surface area contributed by atoms with E-state index in [1.54, 1.807) is 12.1 Å². The van der Waals surface area contributed by atoms with Crippen molar-refractivity contribution in [3.63, 3.8) is 0 Å². The highest BCUT2D eigenvalue weighted by Crippen LogP contribution is 2.39. The third kappa shape index (κ3) is 3.67. The number of anilines is 1. The molecule has 0 aliphatic heterocycles. The molecule has 0 radical (unpaired) electrons. The number of amides is 1. The molecule has 1 aliphatic rings. The van der Waals surface area contributed by atoms with Crippen LogP contribution in [0.2, 0.25) is 0 Å². The number of benzene rings is 2. The number of hydrogen-bond acceptors (Lipinski definition) is 4. The van der Waals surface area contributed by atoms with Crippen molar-refractivity contribution in [2.24, 2.45) is 0 Å². The first-order chi connectivity index (χ1) is 13.8. The number of nitrogens with zero attached hydrogens (tertiary/aromatic N) is 1. The molecule has 0 saturated heterocycles. The minimum absolute atomic E-state index is 0.158. The molecule has 2 N–H and O–H groups in total. The van der Waals surface area contributed by atoms with E-state index in [2.05, 4.69) is 10.3 Å². The number of nitrogens with one attached hydrogen (secondary N) is 1. The molecule has 0 atom stereocenters. The summed E-state index contributed by atoms with van der Waals surface area (Å²) in [6.45, 7) is 1.82. The van der Waals surface area contributed by atoms with Gasteiger partial charge in [-0.15, -0.1) is 0 Å². The molecule has 4 rings (SSSR count). The molecular formula is C21H14Cl2N2O3S. The molecular weight excluding hydrogens is 431 g/mol. The quantitative estimate of drug-likeness (QED) is 0.516. The topological polar surface area (TPSA) is 79.3 Å². The molecule has 0 unspecified atom stereocenters. The average Bonchev–Trinajstić information content (AvgIpc) is 3.23. The third-order valence-electron chi connectivity index (χ3n) is 4.60. The molecule has 1 aliphatic carbocycles. The summed E-state index contributed by atoms with van der Waals surface area (Å²) in [5, 5.41) is 13.2. The second-order valence-electron chi connectivity index (χ2n) is 6.58. The Bertz CT molecular complexity index is 1230. The van der Waals surface area contributed by atoms with E-state index in [0.29, 0.717) is 37.9 Å². The molecule has 1 amide bonds. The standard InChI is InChI=1S/C21H14Cl2N2O3S/c1-10-7-14(17(23)16(10)22)19(26)25-21-24-18-13(11-5-3-2-4-6-11)8-12(20(27)28)9-15(18)29-21/h2-6,8-9H,7H2,1H3,(H,27,28)(H,24,25,26). The molecule has 2 aromatic carbocycles. The van der Waals surface area contributed by atoms with Crippen molar-refractivity contribution in [1.82, 2.24) is 4.98 Å². The lowest BCUT2D eigenvalue weighted by molar-refractivity contribution is -0.112. The van der Waals surface area contributed by atoms with E-state index in [0.717, 1.165) is 11.1 Å². The van der Waals surface area contributed by atoms with Gasteiger partial charge in [0.15, 0.2) is 5.13 Å². The molecule has 1 aromatic heterocycles. The zero-order chi connectivity index (χ0) is 20.7. The minimum Gasteiger partial charge on any atom is -0.478 e. The lowest BCUT2D eigenvalue weighted by Gasteiger charge is -2.05. The smallest absolute Gasteiger partial charge is 0.335 e. The van der Waals surface area contributed by atoms with Crippen LogP contribution in [0.3, 0.4) is 0 Å². The predicted molar refractivity (Wildman–Crippen MR) is 117 cm³/mol. The first-order valence-electron chi connectivity index (χ1n) is 8.64. The molecule has 0 bridgehead atoms. The molecule has 8 heteroatoms. The second-order valence-corrected chi connectivity index (χ2v) is 8.37. The highest BCUT2D eigenvalue weighted by atomic mass is 35.5. The van der Waals surface area contributed by atoms with Gasteiger partial charge < -0.3 is 5.11 Å². The lowest BCUT2D eigenvalue weighted by Crippen LogP contribution is -2.14. The van der Waals surface area contributed by atoms with Crippen molar-refractivity contribution >= 4 is 61.8 Å². The van der Waals surface area contributed by atoms with Crippen LogP contribution in [0.1, 0.15) is 23.7 Å². The van der Waals surface area contributed by atoms with Crippen molar-refractivity contribution in [1.29, 1.82) is 0 Å². The Morgan fingerprint density at radius 1 is 1.14 bits per heavy atom. The van der Waals surface area contributed by atoms with Gasteiger partial charge in [0.1, 0.15) is 0 Å². The number of aromatic carboxylic acids is 1. The monoisotopic (exact) mass is 444 g/mol. The van der Waals surface area contributed by atoms with Crippen LogP contribution in [0, 0.1) is 0 Å². The highest BCUT2D eigenvalue weighted by Gasteiger charge is 2.25. The Labute approximate surface area is 180 Å². The van der Waals surface area contributed by atoms with Crippen LogP contribution in [-0.2, 0) is 4.79 Å². The number of rotatable bonds is 4. The zero-order valence-corrected chi connectivity index (χ0v) is 17.5. The lowest BCUT2D eigenvalue weighted by atomic mass is 10.0. The summed E-state index contributed by atoms with van der Waals surface area (Å²) in [5.41, 5.74) is 3.55. The van der Waals surface area contributed by atoms with E-state index < -0.39 is 5.97 Å². The van der Waals surface area contributed by atoms with Gasteiger partial charge in [-0.1, -0.05) is 64.9 Å². The average molecular weight is 445 g/mol. The number of fused-ring (bicyclic) bond motifs is 1. The van der Waals surface area contributed by atoms with Crippen LogP contribution >= 0.6 is 34.5 Å². The van der Waals surface area contributed by atoms with Crippen LogP contribution < -0.4 is 5.32 Å². The molecule has 5 nitrogen and oxygen atoms in total. The minimum atomic E-state index is -1.03. The van der Waals surface area contributed by atoms with Crippen LogP contribution in [0.4, 0.5) is 5.13 Å². The van der Waals surface area contributed by atoms with Gasteiger partial charge in [-0.2, -0.15) is 0 Å². The molecule has 146 valence electrons. The predicted octanol–water partition coefficient (Wildman–Crippen LogP) is 6.01. The van der Waals surface area contributed by atoms with Crippen LogP contribution in [0.5, 0.6) is 0 Å². The first kappa shape index (κ1) is 19.6. The fourth-order valence-corrected chi connectivity index (χ4v) is 4.56. The Morgan fingerprint density at radius 3 is 2.48 bits per heavy atom. The van der Waals surface area contributed by atoms with Gasteiger partial charge >= 0.3 is 5.97 Å². The van der Waals surface area contributed by atoms with E-state index in [1.807, 2.05) is 37.3 Å². The number of carbonyl (C=O) groups excluding carboxylic acids is 1. The highest BCUT2D eigenvalue weighted by molar-refractivity contribution is 7.22. The second kappa shape index (κ2) is 7.63. The summed E-state index contributed by atoms with van der Waals surface area (Å²) in [6, 6.07) is 12.6. The van der Waals surface area contributed by atoms with Crippen LogP contribution in [-0.4, -0.2) is 22.0 Å². The van der Waals surface area contributed by atoms with Crippen molar-refractivity contribution < 1.29 is 14.7 Å². The number of carboxylic acid groups (broad SMARTS) is 1. The number of hydrogen-bond donors (Lipinski definition) is 2. The number of aromatic nitrogens is 1. The third-order valence-corrected chi connectivity index (χ3v) is 6.54. The van der Waals surface area contributed by atoms with Gasteiger partial charge in [0.25, 0.3) is 5.91 Å². The van der Waals surface area contributed by atoms with Crippen molar-refractivity contribution in [2.45, 2.75) is 13.3 Å². The van der Waals surface area contributed by atoms with Gasteiger partial charge in [-0.3, -0.25) is 10.1 Å². The van der Waals surface area contributed by atoms with E-state index >= 15 is 0 Å². The van der Waals surface area contributed by atoms with Crippen molar-refractivity contribution in [3.05, 3.63) is 69.2 Å². The summed E-state index contributed by atoms with van der Waals surface area (Å²) < 4.78 is 0.665. The molecule has 0 fully saturated rings. The number of carbonyl (C=O) groups is 2. The molecule has 0 spiro atoms. The number of halogens is 2. The normalized spacial score (nSPS) is 14.0. The van der Waals surface area contributed by atoms with Crippen LogP contribution in [0.15, 0.2) is 63.7 Å². The fraction of sp³-hybridized carbons (Fsp3) is 0.0952. The van der Waals surface area contributed by atoms with E-state index in [4.69, 9.17) is 23.2 Å². The Kier molecular flexibility index (Phi) is 5.17. The maximum Gasteiger partial charge on any atom is 0.335 e. The fourth-order valence-electron chi connectivity index (χ4n) is 3.14. The first-order valence-corrected chi connectivity index (χ1v) is 10.2. The summed E-state index contributed by atoms with van der Waals surface area (Å²) in [6.07, 6.45) is 0.382. The maximum atomic E-state index is 12.7. The van der Waals surface area contributed by atoms with E-state index in [9.17, 15) is 14.7 Å². The largest absolute Gasteiger partial charge is 0.478 e. The van der Waals surface area contributed by atoms with Gasteiger partial charge in [-0.25, -0.2) is 9.78 Å². The summed E-state index contributed by atoms with van der Waals surface area (Å²) >= 11 is 13.5. The number of carboxylic acids is 1.